The Morgan fingerprint density at radius 3 is 2.06 bits per heavy atom. The van der Waals surface area contributed by atoms with Gasteiger partial charge in [0.05, 0.1) is 16.3 Å². The Hall–Kier alpha value is -1.48. The normalized spacial score (nSPS) is 15.5. The van der Waals surface area contributed by atoms with Crippen LogP contribution in [-0.4, -0.2) is 14.1 Å². The van der Waals surface area contributed by atoms with Crippen LogP contribution in [0, 0.1) is 6.92 Å². The second-order valence-electron chi connectivity index (χ2n) is 4.55. The summed E-state index contributed by atoms with van der Waals surface area (Å²) in [6, 6.07) is 10.8. The van der Waals surface area contributed by atoms with Gasteiger partial charge in [-0.05, 0) is 36.1 Å². The van der Waals surface area contributed by atoms with Crippen molar-refractivity contribution < 1.29 is 0 Å². The fourth-order valence-electron chi connectivity index (χ4n) is 2.58. The van der Waals surface area contributed by atoms with Crippen molar-refractivity contribution >= 4 is 22.7 Å². The average molecular weight is 244 g/mol. The summed E-state index contributed by atoms with van der Waals surface area (Å²) >= 11 is 1.84. The van der Waals surface area contributed by atoms with Gasteiger partial charge in [0.1, 0.15) is 6.17 Å². The Kier molecular flexibility index (Phi) is 2.37. The topological polar surface area (TPSA) is 6.48 Å². The van der Waals surface area contributed by atoms with Crippen LogP contribution in [0.15, 0.2) is 35.7 Å². The third-order valence-corrected chi connectivity index (χ3v) is 4.57. The molecule has 0 unspecified atom stereocenters. The summed E-state index contributed by atoms with van der Waals surface area (Å²) < 4.78 is 0. The van der Waals surface area contributed by atoms with E-state index in [9.17, 15) is 0 Å². The average Bonchev–Trinajstić information content (AvgIpc) is 2.84. The minimum atomic E-state index is 0.340. The third-order valence-electron chi connectivity index (χ3n) is 3.51. The Labute approximate surface area is 106 Å². The van der Waals surface area contributed by atoms with Gasteiger partial charge in [-0.25, -0.2) is 0 Å². The van der Waals surface area contributed by atoms with Crippen LogP contribution in [0.3, 0.4) is 0 Å². The number of rotatable bonds is 1. The van der Waals surface area contributed by atoms with E-state index in [1.54, 1.807) is 0 Å². The number of benzene rings is 1. The smallest absolute Gasteiger partial charge is 0.137 e. The molecule has 3 heteroatoms. The molecule has 0 bridgehead atoms. The first-order valence-corrected chi connectivity index (χ1v) is 6.67. The van der Waals surface area contributed by atoms with Gasteiger partial charge < -0.3 is 9.80 Å². The predicted molar refractivity (Wildman–Crippen MR) is 75.0 cm³/mol. The molecule has 0 saturated heterocycles. The number of nitrogens with zero attached hydrogens (tertiary/aromatic N) is 2. The lowest BCUT2D eigenvalue weighted by Gasteiger charge is -2.27. The molecule has 1 aromatic carbocycles. The zero-order valence-corrected chi connectivity index (χ0v) is 11.2. The summed E-state index contributed by atoms with van der Waals surface area (Å²) in [5, 5.41) is 2.18. The van der Waals surface area contributed by atoms with Gasteiger partial charge in [-0.2, -0.15) is 0 Å². The Morgan fingerprint density at radius 2 is 1.59 bits per heavy atom. The van der Waals surface area contributed by atoms with E-state index in [0.717, 1.165) is 0 Å². The molecule has 0 fully saturated rings. The highest BCUT2D eigenvalue weighted by molar-refractivity contribution is 7.10. The van der Waals surface area contributed by atoms with Crippen LogP contribution in [0.1, 0.15) is 16.6 Å². The van der Waals surface area contributed by atoms with Gasteiger partial charge in [0, 0.05) is 14.1 Å². The van der Waals surface area contributed by atoms with Gasteiger partial charge in [0.15, 0.2) is 0 Å². The van der Waals surface area contributed by atoms with Crippen LogP contribution >= 0.6 is 11.3 Å². The standard InChI is InChI=1S/C14H16N2S/c1-10-8-9-17-13(10)14-15(2)11-6-4-5-7-12(11)16(14)3/h4-9,14H,1-3H3. The molecule has 0 atom stereocenters. The van der Waals surface area contributed by atoms with Crippen molar-refractivity contribution in [1.82, 2.24) is 0 Å². The molecule has 17 heavy (non-hydrogen) atoms. The van der Waals surface area contributed by atoms with E-state index in [4.69, 9.17) is 0 Å². The van der Waals surface area contributed by atoms with Crippen molar-refractivity contribution in [2.45, 2.75) is 13.1 Å². The van der Waals surface area contributed by atoms with Gasteiger partial charge in [-0.15, -0.1) is 11.3 Å². The molecule has 2 aromatic rings. The molecular formula is C14H16N2S. The van der Waals surface area contributed by atoms with Gasteiger partial charge in [0.2, 0.25) is 0 Å². The van der Waals surface area contributed by atoms with E-state index in [1.807, 2.05) is 11.3 Å². The number of anilines is 2. The summed E-state index contributed by atoms with van der Waals surface area (Å²) in [5.41, 5.74) is 4.01. The zero-order valence-electron chi connectivity index (χ0n) is 10.3. The van der Waals surface area contributed by atoms with Gasteiger partial charge >= 0.3 is 0 Å². The summed E-state index contributed by atoms with van der Waals surface area (Å²) in [5.74, 6) is 0. The van der Waals surface area contributed by atoms with E-state index in [1.165, 1.54) is 21.8 Å². The van der Waals surface area contributed by atoms with Crippen molar-refractivity contribution in [2.24, 2.45) is 0 Å². The molecule has 0 amide bonds. The molecule has 0 aliphatic carbocycles. The minimum absolute atomic E-state index is 0.340. The Morgan fingerprint density at radius 1 is 1.00 bits per heavy atom. The molecule has 2 heterocycles. The van der Waals surface area contributed by atoms with Crippen LogP contribution in [0.5, 0.6) is 0 Å². The number of aryl methyl sites for hydroxylation is 1. The largest absolute Gasteiger partial charge is 0.348 e. The first-order valence-electron chi connectivity index (χ1n) is 5.79. The molecule has 1 aliphatic heterocycles. The highest BCUT2D eigenvalue weighted by Gasteiger charge is 2.33. The summed E-state index contributed by atoms with van der Waals surface area (Å²) in [4.78, 5) is 6.15. The first-order chi connectivity index (χ1) is 8.20. The lowest BCUT2D eigenvalue weighted by atomic mass is 10.2. The second kappa shape index (κ2) is 3.77. The summed E-state index contributed by atoms with van der Waals surface area (Å²) in [7, 11) is 4.35. The molecule has 0 spiro atoms. The quantitative estimate of drug-likeness (QED) is 0.755. The van der Waals surface area contributed by atoms with Crippen LogP contribution in [0.25, 0.3) is 0 Å². The molecular weight excluding hydrogens is 228 g/mol. The molecule has 3 rings (SSSR count). The van der Waals surface area contributed by atoms with E-state index >= 15 is 0 Å². The van der Waals surface area contributed by atoms with Crippen molar-refractivity contribution in [3.05, 3.63) is 46.2 Å². The van der Waals surface area contributed by atoms with Crippen molar-refractivity contribution in [3.63, 3.8) is 0 Å². The fourth-order valence-corrected chi connectivity index (χ4v) is 3.70. The van der Waals surface area contributed by atoms with Crippen molar-refractivity contribution in [2.75, 3.05) is 23.9 Å². The number of thiophene rings is 1. The second-order valence-corrected chi connectivity index (χ2v) is 5.50. The lowest BCUT2D eigenvalue weighted by Crippen LogP contribution is -2.30. The lowest BCUT2D eigenvalue weighted by molar-refractivity contribution is 0.703. The van der Waals surface area contributed by atoms with Crippen LogP contribution in [-0.2, 0) is 0 Å². The van der Waals surface area contributed by atoms with Gasteiger partial charge in [-0.1, -0.05) is 12.1 Å². The number of fused-ring (bicyclic) bond motifs is 1. The monoisotopic (exact) mass is 244 g/mol. The van der Waals surface area contributed by atoms with E-state index in [0.29, 0.717) is 6.17 Å². The van der Waals surface area contributed by atoms with Gasteiger partial charge in [0.25, 0.3) is 0 Å². The van der Waals surface area contributed by atoms with E-state index < -0.39 is 0 Å². The fraction of sp³-hybridized carbons (Fsp3) is 0.286. The minimum Gasteiger partial charge on any atom is -0.348 e. The highest BCUT2D eigenvalue weighted by Crippen LogP contribution is 2.45. The maximum absolute atomic E-state index is 2.36. The number of hydrogen-bond acceptors (Lipinski definition) is 3. The molecule has 1 aliphatic rings. The summed E-state index contributed by atoms with van der Waals surface area (Å²) in [6.45, 7) is 2.19. The SMILES string of the molecule is Cc1ccsc1C1N(C)c2ccccc2N1C. The molecule has 0 N–H and O–H groups in total. The Bertz CT molecular complexity index is 518. The molecule has 2 nitrogen and oxygen atoms in total. The molecule has 0 radical (unpaired) electrons. The number of para-hydroxylation sites is 2. The maximum atomic E-state index is 2.36. The third kappa shape index (κ3) is 1.46. The van der Waals surface area contributed by atoms with Crippen LogP contribution < -0.4 is 9.80 Å². The maximum Gasteiger partial charge on any atom is 0.137 e. The Balaban J connectivity index is 2.09. The predicted octanol–water partition coefficient (Wildman–Crippen LogP) is 3.64. The van der Waals surface area contributed by atoms with Crippen molar-refractivity contribution in [1.29, 1.82) is 0 Å². The van der Waals surface area contributed by atoms with Gasteiger partial charge in [-0.3, -0.25) is 0 Å². The first kappa shape index (κ1) is 10.7. The molecule has 0 saturated carbocycles. The van der Waals surface area contributed by atoms with Crippen LogP contribution in [0.2, 0.25) is 0 Å². The van der Waals surface area contributed by atoms with Crippen LogP contribution in [0.4, 0.5) is 11.4 Å². The zero-order chi connectivity index (χ0) is 12.0. The van der Waals surface area contributed by atoms with Crippen molar-refractivity contribution in [3.8, 4) is 0 Å². The van der Waals surface area contributed by atoms with E-state index in [2.05, 4.69) is 66.5 Å². The highest BCUT2D eigenvalue weighted by atomic mass is 32.1. The number of hydrogen-bond donors (Lipinski definition) is 0. The summed E-state index contributed by atoms with van der Waals surface area (Å²) in [6.07, 6.45) is 0.340. The van der Waals surface area contributed by atoms with E-state index in [-0.39, 0.29) is 0 Å². The molecule has 88 valence electrons. The molecule has 1 aromatic heterocycles.